The van der Waals surface area contributed by atoms with Crippen molar-refractivity contribution in [1.29, 1.82) is 0 Å². The van der Waals surface area contributed by atoms with Crippen LogP contribution in [-0.2, 0) is 11.0 Å². The van der Waals surface area contributed by atoms with E-state index in [1.54, 1.807) is 4.90 Å². The van der Waals surface area contributed by atoms with Crippen LogP contribution in [0.15, 0.2) is 18.2 Å². The van der Waals surface area contributed by atoms with E-state index in [1.165, 1.54) is 0 Å². The van der Waals surface area contributed by atoms with Crippen LogP contribution in [-0.4, -0.2) is 24.3 Å². The van der Waals surface area contributed by atoms with Gasteiger partial charge in [0.2, 0.25) is 0 Å². The number of carbonyl (C=O) groups excluding carboxylic acids is 1. The standard InChI is InChI=1S/C13H13F3N2O3/c14-13(15,16)10-1-2-11(12(7-10)18(20)21)17-5-3-9(8-19)4-6-17/h1-2,7-9H,3-6H2. The van der Waals surface area contributed by atoms with Gasteiger partial charge >= 0.3 is 6.18 Å². The second kappa shape index (κ2) is 5.71. The van der Waals surface area contributed by atoms with Crippen LogP contribution in [0.3, 0.4) is 0 Å². The van der Waals surface area contributed by atoms with Gasteiger partial charge in [-0.2, -0.15) is 13.2 Å². The number of halogens is 3. The van der Waals surface area contributed by atoms with Crippen LogP contribution in [0.25, 0.3) is 0 Å². The Kier molecular flexibility index (Phi) is 4.15. The van der Waals surface area contributed by atoms with Crippen molar-refractivity contribution >= 4 is 17.7 Å². The molecule has 0 aliphatic carbocycles. The number of rotatable bonds is 3. The van der Waals surface area contributed by atoms with Gasteiger partial charge in [0.05, 0.1) is 10.5 Å². The number of carbonyl (C=O) groups is 1. The molecule has 5 nitrogen and oxygen atoms in total. The molecule has 0 radical (unpaired) electrons. The number of aldehydes is 1. The molecule has 1 heterocycles. The van der Waals surface area contributed by atoms with E-state index in [0.29, 0.717) is 32.0 Å². The van der Waals surface area contributed by atoms with Gasteiger partial charge in [0.15, 0.2) is 0 Å². The predicted molar refractivity (Wildman–Crippen MR) is 69.1 cm³/mol. The number of piperidine rings is 1. The molecule has 0 spiro atoms. The van der Waals surface area contributed by atoms with Crippen molar-refractivity contribution in [3.63, 3.8) is 0 Å². The van der Waals surface area contributed by atoms with E-state index >= 15 is 0 Å². The fraction of sp³-hybridized carbons (Fsp3) is 0.462. The van der Waals surface area contributed by atoms with E-state index in [4.69, 9.17) is 0 Å². The summed E-state index contributed by atoms with van der Waals surface area (Å²) in [6, 6.07) is 2.53. The zero-order valence-electron chi connectivity index (χ0n) is 11.0. The van der Waals surface area contributed by atoms with Crippen LogP contribution in [0.2, 0.25) is 0 Å². The van der Waals surface area contributed by atoms with Crippen LogP contribution in [0.1, 0.15) is 18.4 Å². The quantitative estimate of drug-likeness (QED) is 0.489. The molecule has 0 atom stereocenters. The average molecular weight is 302 g/mol. The summed E-state index contributed by atoms with van der Waals surface area (Å²) in [7, 11) is 0. The highest BCUT2D eigenvalue weighted by molar-refractivity contribution is 5.65. The third-order valence-corrected chi connectivity index (χ3v) is 3.57. The molecule has 1 aliphatic rings. The summed E-state index contributed by atoms with van der Waals surface area (Å²) in [4.78, 5) is 22.5. The molecule has 2 rings (SSSR count). The summed E-state index contributed by atoms with van der Waals surface area (Å²) in [6.45, 7) is 0.825. The molecule has 1 fully saturated rings. The van der Waals surface area contributed by atoms with Gasteiger partial charge in [-0.25, -0.2) is 0 Å². The van der Waals surface area contributed by atoms with Crippen LogP contribution in [0, 0.1) is 16.0 Å². The molecule has 1 saturated heterocycles. The van der Waals surface area contributed by atoms with Crippen molar-refractivity contribution in [3.8, 4) is 0 Å². The maximum absolute atomic E-state index is 12.6. The van der Waals surface area contributed by atoms with Crippen molar-refractivity contribution in [2.45, 2.75) is 19.0 Å². The van der Waals surface area contributed by atoms with Crippen LogP contribution in [0.4, 0.5) is 24.5 Å². The van der Waals surface area contributed by atoms with Gasteiger partial charge in [0, 0.05) is 25.1 Å². The van der Waals surface area contributed by atoms with E-state index in [2.05, 4.69) is 0 Å². The number of nitro benzene ring substituents is 1. The molecule has 114 valence electrons. The number of anilines is 1. The Morgan fingerprint density at radius 2 is 1.90 bits per heavy atom. The van der Waals surface area contributed by atoms with E-state index in [0.717, 1.165) is 18.4 Å². The molecular weight excluding hydrogens is 289 g/mol. The molecule has 21 heavy (non-hydrogen) atoms. The summed E-state index contributed by atoms with van der Waals surface area (Å²) in [5.41, 5.74) is -1.44. The molecule has 1 aliphatic heterocycles. The number of nitro groups is 1. The lowest BCUT2D eigenvalue weighted by atomic mass is 9.98. The highest BCUT2D eigenvalue weighted by atomic mass is 19.4. The topological polar surface area (TPSA) is 63.5 Å². The Bertz CT molecular complexity index is 552. The molecule has 0 saturated carbocycles. The van der Waals surface area contributed by atoms with E-state index in [1.807, 2.05) is 0 Å². The molecule has 0 amide bonds. The smallest absolute Gasteiger partial charge is 0.366 e. The van der Waals surface area contributed by atoms with Gasteiger partial charge in [-0.1, -0.05) is 0 Å². The van der Waals surface area contributed by atoms with Crippen molar-refractivity contribution in [2.24, 2.45) is 5.92 Å². The summed E-state index contributed by atoms with van der Waals surface area (Å²) < 4.78 is 37.9. The van der Waals surface area contributed by atoms with Crippen LogP contribution in [0.5, 0.6) is 0 Å². The first kappa shape index (κ1) is 15.3. The molecule has 8 heteroatoms. The number of hydrogen-bond acceptors (Lipinski definition) is 4. The van der Waals surface area contributed by atoms with Crippen molar-refractivity contribution < 1.29 is 22.9 Å². The third-order valence-electron chi connectivity index (χ3n) is 3.57. The molecule has 0 unspecified atom stereocenters. The average Bonchev–Trinajstić information content (AvgIpc) is 2.45. The first-order chi connectivity index (χ1) is 9.82. The summed E-state index contributed by atoms with van der Waals surface area (Å²) >= 11 is 0. The molecule has 0 bridgehead atoms. The van der Waals surface area contributed by atoms with Crippen molar-refractivity contribution in [1.82, 2.24) is 0 Å². The first-order valence-electron chi connectivity index (χ1n) is 6.39. The minimum atomic E-state index is -4.62. The Balaban J connectivity index is 2.31. The largest absolute Gasteiger partial charge is 0.416 e. The van der Waals surface area contributed by atoms with E-state index in [9.17, 15) is 28.1 Å². The van der Waals surface area contributed by atoms with Gasteiger partial charge < -0.3 is 9.69 Å². The molecule has 1 aromatic carbocycles. The monoisotopic (exact) mass is 302 g/mol. The number of hydrogen-bond donors (Lipinski definition) is 0. The van der Waals surface area contributed by atoms with E-state index in [-0.39, 0.29) is 11.6 Å². The number of nitrogens with zero attached hydrogens (tertiary/aromatic N) is 2. The second-order valence-corrected chi connectivity index (χ2v) is 4.92. The van der Waals surface area contributed by atoms with E-state index < -0.39 is 22.4 Å². The summed E-state index contributed by atoms with van der Waals surface area (Å²) in [6.07, 6.45) is -2.68. The van der Waals surface area contributed by atoms with Crippen molar-refractivity contribution in [2.75, 3.05) is 18.0 Å². The van der Waals surface area contributed by atoms with Crippen LogP contribution >= 0.6 is 0 Å². The maximum atomic E-state index is 12.6. The normalized spacial score (nSPS) is 16.8. The highest BCUT2D eigenvalue weighted by Crippen LogP contribution is 2.37. The Morgan fingerprint density at radius 1 is 1.29 bits per heavy atom. The first-order valence-corrected chi connectivity index (χ1v) is 6.39. The van der Waals surface area contributed by atoms with Gasteiger partial charge in [0.25, 0.3) is 5.69 Å². The fourth-order valence-corrected chi connectivity index (χ4v) is 2.39. The Hall–Kier alpha value is -2.12. The minimum Gasteiger partial charge on any atom is -0.366 e. The lowest BCUT2D eigenvalue weighted by molar-refractivity contribution is -0.384. The molecule has 0 aromatic heterocycles. The van der Waals surface area contributed by atoms with Gasteiger partial charge in [-0.05, 0) is 25.0 Å². The Morgan fingerprint density at radius 3 is 2.38 bits per heavy atom. The zero-order chi connectivity index (χ0) is 15.6. The number of alkyl halides is 3. The SMILES string of the molecule is O=CC1CCN(c2ccc(C(F)(F)F)cc2[N+](=O)[O-])CC1. The number of benzene rings is 1. The molecule has 1 aromatic rings. The highest BCUT2D eigenvalue weighted by Gasteiger charge is 2.34. The van der Waals surface area contributed by atoms with Gasteiger partial charge in [-0.3, -0.25) is 10.1 Å². The maximum Gasteiger partial charge on any atom is 0.416 e. The fourth-order valence-electron chi connectivity index (χ4n) is 2.39. The van der Waals surface area contributed by atoms with Crippen molar-refractivity contribution in [3.05, 3.63) is 33.9 Å². The summed E-state index contributed by atoms with van der Waals surface area (Å²) in [5, 5.41) is 11.0. The van der Waals surface area contributed by atoms with Gasteiger partial charge in [0.1, 0.15) is 12.0 Å². The lowest BCUT2D eigenvalue weighted by Gasteiger charge is -2.31. The zero-order valence-corrected chi connectivity index (χ0v) is 11.0. The summed E-state index contributed by atoms with van der Waals surface area (Å²) in [5.74, 6) is -0.0882. The Labute approximate surface area is 118 Å². The van der Waals surface area contributed by atoms with Gasteiger partial charge in [-0.15, -0.1) is 0 Å². The molecule has 0 N–H and O–H groups in total. The lowest BCUT2D eigenvalue weighted by Crippen LogP contribution is -2.34. The third kappa shape index (κ3) is 3.32. The molecular formula is C13H13F3N2O3. The minimum absolute atomic E-state index is 0.0882. The van der Waals surface area contributed by atoms with Crippen LogP contribution < -0.4 is 4.90 Å². The predicted octanol–water partition coefficient (Wildman–Crippen LogP) is 3.03. The second-order valence-electron chi connectivity index (χ2n) is 4.92.